The van der Waals surface area contributed by atoms with Crippen LogP contribution in [-0.2, 0) is 6.42 Å². The van der Waals surface area contributed by atoms with Crippen molar-refractivity contribution in [3.8, 4) is 11.5 Å². The number of hydrogen-bond acceptors (Lipinski definition) is 6. The van der Waals surface area contributed by atoms with Gasteiger partial charge in [0.15, 0.2) is 11.5 Å². The molecule has 0 unspecified atom stereocenters. The van der Waals surface area contributed by atoms with Gasteiger partial charge in [0, 0.05) is 29.7 Å². The highest BCUT2D eigenvalue weighted by molar-refractivity contribution is 9.13. The van der Waals surface area contributed by atoms with E-state index < -0.39 is 4.92 Å². The van der Waals surface area contributed by atoms with Gasteiger partial charge in [-0.3, -0.25) is 10.1 Å². The van der Waals surface area contributed by atoms with Gasteiger partial charge in [0.25, 0.3) is 5.69 Å². The molecule has 0 bridgehead atoms. The van der Waals surface area contributed by atoms with Crippen LogP contribution >= 0.6 is 31.9 Å². The molecule has 5 rings (SSSR count). The molecule has 2 aliphatic rings. The van der Waals surface area contributed by atoms with E-state index in [1.165, 1.54) is 12.1 Å². The van der Waals surface area contributed by atoms with Gasteiger partial charge in [0.1, 0.15) is 15.0 Å². The van der Waals surface area contributed by atoms with Crippen LogP contribution in [0, 0.1) is 10.1 Å². The number of hydrogen-bond donors (Lipinski definition) is 0. The Hall–Kier alpha value is -2.72. The van der Waals surface area contributed by atoms with Gasteiger partial charge in [0.05, 0.1) is 10.6 Å². The van der Waals surface area contributed by atoms with Crippen molar-refractivity contribution >= 4 is 43.3 Å². The summed E-state index contributed by atoms with van der Waals surface area (Å²) in [5, 5.41) is 15.8. The third kappa shape index (κ3) is 2.71. The number of nitro groups is 1. The summed E-state index contributed by atoms with van der Waals surface area (Å²) in [6.07, 6.45) is 0.538. The minimum Gasteiger partial charge on any atom is -0.454 e. The maximum Gasteiger partial charge on any atom is 0.269 e. The Kier molecular flexibility index (Phi) is 3.98. The minimum absolute atomic E-state index is 0.0242. The molecule has 2 aromatic carbocycles. The first-order valence-corrected chi connectivity index (χ1v) is 9.79. The number of non-ortho nitro benzene ring substituents is 1. The highest BCUT2D eigenvalue weighted by Crippen LogP contribution is 2.38. The van der Waals surface area contributed by atoms with Crippen LogP contribution in [0.15, 0.2) is 50.7 Å². The molecule has 0 aliphatic carbocycles. The van der Waals surface area contributed by atoms with Crippen LogP contribution in [-0.4, -0.2) is 27.1 Å². The second-order valence-corrected chi connectivity index (χ2v) is 7.72. The van der Waals surface area contributed by atoms with Crippen molar-refractivity contribution in [3.05, 3.63) is 78.2 Å². The summed E-state index contributed by atoms with van der Waals surface area (Å²) in [5.41, 5.74) is 3.27. The molecule has 0 amide bonds. The van der Waals surface area contributed by atoms with E-state index >= 15 is 0 Å². The highest BCUT2D eigenvalue weighted by atomic mass is 79.9. The van der Waals surface area contributed by atoms with E-state index in [4.69, 9.17) is 14.6 Å². The minimum atomic E-state index is -0.424. The van der Waals surface area contributed by atoms with E-state index in [-0.39, 0.29) is 12.5 Å². The number of ether oxygens (including phenoxy) is 2. The zero-order valence-corrected chi connectivity index (χ0v) is 17.2. The van der Waals surface area contributed by atoms with Crippen LogP contribution in [0.2, 0.25) is 0 Å². The fourth-order valence-corrected chi connectivity index (χ4v) is 4.00. The summed E-state index contributed by atoms with van der Waals surface area (Å²) in [7, 11) is 0. The Morgan fingerprint density at radius 1 is 1.11 bits per heavy atom. The predicted molar refractivity (Wildman–Crippen MR) is 107 cm³/mol. The van der Waals surface area contributed by atoms with Crippen LogP contribution in [0.4, 0.5) is 5.69 Å². The number of nitro benzene ring substituents is 1. The van der Waals surface area contributed by atoms with Crippen molar-refractivity contribution in [2.75, 3.05) is 6.79 Å². The summed E-state index contributed by atoms with van der Waals surface area (Å²) in [6.45, 7) is 0.175. The van der Waals surface area contributed by atoms with Crippen LogP contribution in [0.1, 0.15) is 22.5 Å². The van der Waals surface area contributed by atoms with E-state index in [2.05, 4.69) is 36.8 Å². The predicted octanol–water partition coefficient (Wildman–Crippen LogP) is 4.25. The average molecular weight is 506 g/mol. The Balaban J connectivity index is 1.75. The summed E-state index contributed by atoms with van der Waals surface area (Å²) in [6, 6.07) is 10.1. The maximum absolute atomic E-state index is 11.0. The molecular weight excluding hydrogens is 496 g/mol. The molecule has 0 saturated heterocycles. The zero-order valence-electron chi connectivity index (χ0n) is 14.1. The summed E-state index contributed by atoms with van der Waals surface area (Å²) < 4.78 is 14.1. The molecule has 0 saturated carbocycles. The van der Waals surface area contributed by atoms with Crippen molar-refractivity contribution in [3.63, 3.8) is 0 Å². The molecular formula is C18H10Br2N4O4. The van der Waals surface area contributed by atoms with Gasteiger partial charge >= 0.3 is 0 Å². The quantitative estimate of drug-likeness (QED) is 0.300. The standard InChI is InChI=1S/C18H10Br2N4O4/c19-17-18(20)23-15(21-17)6-10-5-13-14(28-8-27-13)7-12(10)16(22-23)9-1-3-11(4-2-9)24(25)26/h1-5,7H,6,8H2. The molecule has 10 heteroatoms. The third-order valence-electron chi connectivity index (χ3n) is 4.58. The first-order valence-electron chi connectivity index (χ1n) is 8.20. The van der Waals surface area contributed by atoms with Crippen molar-refractivity contribution in [2.45, 2.75) is 6.42 Å². The molecule has 0 radical (unpaired) electrons. The molecule has 2 aliphatic heterocycles. The molecule has 1 aromatic heterocycles. The van der Waals surface area contributed by atoms with E-state index in [0.29, 0.717) is 32.8 Å². The van der Waals surface area contributed by atoms with E-state index in [1.807, 2.05) is 12.1 Å². The number of fused-ring (bicyclic) bond motifs is 3. The van der Waals surface area contributed by atoms with Gasteiger partial charge in [-0.05, 0) is 61.7 Å². The fraction of sp³-hybridized carbons (Fsp3) is 0.111. The second kappa shape index (κ2) is 6.42. The van der Waals surface area contributed by atoms with E-state index in [9.17, 15) is 10.1 Å². The third-order valence-corrected chi connectivity index (χ3v) is 6.38. The summed E-state index contributed by atoms with van der Waals surface area (Å²) in [5.74, 6) is 2.07. The lowest BCUT2D eigenvalue weighted by Gasteiger charge is -2.11. The Labute approximate surface area is 175 Å². The number of rotatable bonds is 2. The SMILES string of the molecule is O=[N+]([O-])c1ccc(C2=Nn3c(nc(Br)c3Br)Cc3cc4c(cc32)OCO4)cc1. The molecule has 0 spiro atoms. The molecule has 3 aromatic rings. The van der Waals surface area contributed by atoms with Gasteiger partial charge in [-0.15, -0.1) is 0 Å². The molecule has 0 atom stereocenters. The first-order chi connectivity index (χ1) is 13.5. The lowest BCUT2D eigenvalue weighted by molar-refractivity contribution is -0.384. The van der Waals surface area contributed by atoms with Crippen molar-refractivity contribution in [1.82, 2.24) is 9.66 Å². The van der Waals surface area contributed by atoms with Gasteiger partial charge in [-0.1, -0.05) is 0 Å². The Morgan fingerprint density at radius 3 is 2.54 bits per heavy atom. The number of imidazole rings is 1. The number of aromatic nitrogens is 2. The Morgan fingerprint density at radius 2 is 1.82 bits per heavy atom. The zero-order chi connectivity index (χ0) is 19.4. The average Bonchev–Trinajstić information content (AvgIpc) is 3.19. The largest absolute Gasteiger partial charge is 0.454 e. The first kappa shape index (κ1) is 17.4. The second-order valence-electron chi connectivity index (χ2n) is 6.21. The summed E-state index contributed by atoms with van der Waals surface area (Å²) in [4.78, 5) is 15.1. The van der Waals surface area contributed by atoms with E-state index in [1.54, 1.807) is 16.8 Å². The topological polar surface area (TPSA) is 91.8 Å². The van der Waals surface area contributed by atoms with Crippen LogP contribution < -0.4 is 9.47 Å². The van der Waals surface area contributed by atoms with Crippen molar-refractivity contribution in [2.24, 2.45) is 5.10 Å². The van der Waals surface area contributed by atoms with Crippen molar-refractivity contribution in [1.29, 1.82) is 0 Å². The number of halogens is 2. The molecule has 8 nitrogen and oxygen atoms in total. The molecule has 0 fully saturated rings. The van der Waals surface area contributed by atoms with Crippen LogP contribution in [0.25, 0.3) is 0 Å². The number of benzene rings is 2. The highest BCUT2D eigenvalue weighted by Gasteiger charge is 2.26. The van der Waals surface area contributed by atoms with Crippen LogP contribution in [0.3, 0.4) is 0 Å². The number of nitrogens with zero attached hydrogens (tertiary/aromatic N) is 4. The van der Waals surface area contributed by atoms with Gasteiger partial charge in [0.2, 0.25) is 6.79 Å². The lowest BCUT2D eigenvalue weighted by Crippen LogP contribution is -2.07. The monoisotopic (exact) mass is 504 g/mol. The normalized spacial score (nSPS) is 14.1. The van der Waals surface area contributed by atoms with Gasteiger partial charge < -0.3 is 9.47 Å². The van der Waals surface area contributed by atoms with E-state index in [0.717, 1.165) is 22.5 Å². The molecule has 140 valence electrons. The van der Waals surface area contributed by atoms with Crippen molar-refractivity contribution < 1.29 is 14.4 Å². The van der Waals surface area contributed by atoms with Gasteiger partial charge in [-0.2, -0.15) is 5.10 Å². The Bertz CT molecular complexity index is 1170. The fourth-order valence-electron chi connectivity index (χ4n) is 3.25. The van der Waals surface area contributed by atoms with Gasteiger partial charge in [-0.25, -0.2) is 9.66 Å². The molecule has 0 N–H and O–H groups in total. The lowest BCUT2D eigenvalue weighted by atomic mass is 9.95. The molecule has 28 heavy (non-hydrogen) atoms. The smallest absolute Gasteiger partial charge is 0.269 e. The maximum atomic E-state index is 11.0. The summed E-state index contributed by atoms with van der Waals surface area (Å²) >= 11 is 6.93. The van der Waals surface area contributed by atoms with Crippen LogP contribution in [0.5, 0.6) is 11.5 Å². The molecule has 3 heterocycles.